The Balaban J connectivity index is 0.00000144. The van der Waals surface area contributed by atoms with Gasteiger partial charge in [-0.3, -0.25) is 0 Å². The van der Waals surface area contributed by atoms with Crippen molar-refractivity contribution in [3.05, 3.63) is 48.0 Å². The molecule has 0 spiro atoms. The number of piperidine rings is 1. The van der Waals surface area contributed by atoms with Crippen molar-refractivity contribution in [3.63, 3.8) is 0 Å². The maximum absolute atomic E-state index is 3.66. The first kappa shape index (κ1) is 15.4. The first-order valence-electron chi connectivity index (χ1n) is 8.13. The minimum absolute atomic E-state index is 0. The number of nitrogens with one attached hydrogen (secondary N) is 1. The van der Waals surface area contributed by atoms with Gasteiger partial charge in [-0.25, -0.2) is 0 Å². The van der Waals surface area contributed by atoms with Crippen LogP contribution in [-0.2, 0) is 6.54 Å². The molecule has 3 aromatic rings. The Kier molecular flexibility index (Phi) is 4.42. The summed E-state index contributed by atoms with van der Waals surface area (Å²) in [5.41, 5.74) is 4.16. The Hall–Kier alpha value is -1.51. The van der Waals surface area contributed by atoms with E-state index in [1.807, 2.05) is 0 Å². The van der Waals surface area contributed by atoms with Gasteiger partial charge >= 0.3 is 0 Å². The first-order valence-corrected chi connectivity index (χ1v) is 8.13. The molecule has 22 heavy (non-hydrogen) atoms. The third-order valence-corrected chi connectivity index (χ3v) is 4.83. The summed E-state index contributed by atoms with van der Waals surface area (Å²) in [5.74, 6) is 0. The van der Waals surface area contributed by atoms with E-state index in [1.165, 1.54) is 46.6 Å². The van der Waals surface area contributed by atoms with Gasteiger partial charge in [-0.05, 0) is 50.1 Å². The van der Waals surface area contributed by atoms with E-state index in [1.54, 1.807) is 0 Å². The minimum Gasteiger partial charge on any atom is -0.341 e. The lowest BCUT2D eigenvalue weighted by atomic mass is 9.96. The highest BCUT2D eigenvalue weighted by Crippen LogP contribution is 2.32. The van der Waals surface area contributed by atoms with E-state index in [0.29, 0.717) is 6.04 Å². The molecule has 1 fully saturated rings. The van der Waals surface area contributed by atoms with Crippen LogP contribution in [0.3, 0.4) is 0 Å². The maximum Gasteiger partial charge on any atom is 0.0491 e. The molecule has 3 heteroatoms. The lowest BCUT2D eigenvalue weighted by Gasteiger charge is -2.24. The quantitative estimate of drug-likeness (QED) is 0.700. The standard InChI is InChI=1S/C19H22N2.ClH/c1-2-21-18-9-4-3-7-15(18)16-13-14(10-11-19(16)21)17-8-5-6-12-20-17;/h3-4,7,9-11,13,17,20H,2,5-6,8,12H2,1H3;1H/t17-;/m0./s1. The number of hydrogen-bond acceptors (Lipinski definition) is 1. The molecule has 0 bridgehead atoms. The monoisotopic (exact) mass is 314 g/mol. The van der Waals surface area contributed by atoms with Gasteiger partial charge in [0.15, 0.2) is 0 Å². The maximum atomic E-state index is 3.66. The van der Waals surface area contributed by atoms with Crippen molar-refractivity contribution in [3.8, 4) is 0 Å². The highest BCUT2D eigenvalue weighted by Gasteiger charge is 2.16. The molecule has 0 radical (unpaired) electrons. The van der Waals surface area contributed by atoms with Crippen molar-refractivity contribution < 1.29 is 0 Å². The number of nitrogens with zero attached hydrogens (tertiary/aromatic N) is 1. The van der Waals surface area contributed by atoms with Crippen LogP contribution in [0.2, 0.25) is 0 Å². The molecule has 1 aromatic heterocycles. The zero-order chi connectivity index (χ0) is 14.2. The van der Waals surface area contributed by atoms with Crippen molar-refractivity contribution in [1.29, 1.82) is 0 Å². The van der Waals surface area contributed by atoms with Gasteiger partial charge in [0.1, 0.15) is 0 Å². The Bertz CT molecular complexity index is 785. The van der Waals surface area contributed by atoms with Crippen LogP contribution in [0.4, 0.5) is 0 Å². The number of hydrogen-bond donors (Lipinski definition) is 1. The number of aromatic nitrogens is 1. The molecule has 1 atom stereocenters. The van der Waals surface area contributed by atoms with Gasteiger partial charge in [-0.2, -0.15) is 0 Å². The van der Waals surface area contributed by atoms with E-state index in [2.05, 4.69) is 59.3 Å². The molecule has 2 aromatic carbocycles. The molecule has 116 valence electrons. The zero-order valence-corrected chi connectivity index (χ0v) is 13.8. The summed E-state index contributed by atoms with van der Waals surface area (Å²) in [6, 6.07) is 16.3. The molecule has 2 nitrogen and oxygen atoms in total. The molecule has 1 aliphatic heterocycles. The van der Waals surface area contributed by atoms with Crippen molar-refractivity contribution in [2.24, 2.45) is 0 Å². The van der Waals surface area contributed by atoms with E-state index >= 15 is 0 Å². The second kappa shape index (κ2) is 6.31. The molecule has 1 N–H and O–H groups in total. The SMILES string of the molecule is CCn1c2ccccc2c2cc([C@@H]3CCCCN3)ccc21.Cl. The van der Waals surface area contributed by atoms with Gasteiger partial charge in [0.25, 0.3) is 0 Å². The van der Waals surface area contributed by atoms with E-state index in [9.17, 15) is 0 Å². The topological polar surface area (TPSA) is 17.0 Å². The summed E-state index contributed by atoms with van der Waals surface area (Å²) in [5, 5.41) is 6.44. The molecule has 0 aliphatic carbocycles. The summed E-state index contributed by atoms with van der Waals surface area (Å²) in [6.45, 7) is 4.40. The van der Waals surface area contributed by atoms with Crippen molar-refractivity contribution in [2.75, 3.05) is 6.54 Å². The van der Waals surface area contributed by atoms with Gasteiger partial charge in [-0.1, -0.05) is 30.7 Å². The highest BCUT2D eigenvalue weighted by molar-refractivity contribution is 6.08. The molecular weight excluding hydrogens is 292 g/mol. The summed E-state index contributed by atoms with van der Waals surface area (Å²) in [7, 11) is 0. The average molecular weight is 315 g/mol. The van der Waals surface area contributed by atoms with Gasteiger partial charge < -0.3 is 9.88 Å². The molecule has 2 heterocycles. The molecule has 0 amide bonds. The first-order chi connectivity index (χ1) is 10.4. The van der Waals surface area contributed by atoms with Gasteiger partial charge in [0.05, 0.1) is 0 Å². The summed E-state index contributed by atoms with van der Waals surface area (Å²) in [4.78, 5) is 0. The van der Waals surface area contributed by atoms with Crippen LogP contribution in [0, 0.1) is 0 Å². The zero-order valence-electron chi connectivity index (χ0n) is 13.0. The number of halogens is 1. The van der Waals surface area contributed by atoms with E-state index < -0.39 is 0 Å². The lowest BCUT2D eigenvalue weighted by molar-refractivity contribution is 0.412. The fraction of sp³-hybridized carbons (Fsp3) is 0.368. The van der Waals surface area contributed by atoms with Crippen LogP contribution >= 0.6 is 12.4 Å². The summed E-state index contributed by atoms with van der Waals surface area (Å²) in [6.07, 6.45) is 3.91. The molecular formula is C19H23ClN2. The third-order valence-electron chi connectivity index (χ3n) is 4.83. The molecule has 0 saturated carbocycles. The van der Waals surface area contributed by atoms with E-state index in [0.717, 1.165) is 13.1 Å². The predicted molar refractivity (Wildman–Crippen MR) is 97.0 cm³/mol. The Morgan fingerprint density at radius 2 is 1.86 bits per heavy atom. The number of fused-ring (bicyclic) bond motifs is 3. The number of benzene rings is 2. The second-order valence-corrected chi connectivity index (χ2v) is 6.04. The number of aryl methyl sites for hydroxylation is 1. The van der Waals surface area contributed by atoms with Crippen LogP contribution in [-0.4, -0.2) is 11.1 Å². The highest BCUT2D eigenvalue weighted by atomic mass is 35.5. The Labute approximate surface area is 137 Å². The lowest BCUT2D eigenvalue weighted by Crippen LogP contribution is -2.26. The predicted octanol–water partition coefficient (Wildman–Crippen LogP) is 5.05. The van der Waals surface area contributed by atoms with Crippen molar-refractivity contribution in [1.82, 2.24) is 9.88 Å². The van der Waals surface area contributed by atoms with E-state index in [-0.39, 0.29) is 12.4 Å². The summed E-state index contributed by atoms with van der Waals surface area (Å²) < 4.78 is 2.42. The molecule has 0 unspecified atom stereocenters. The second-order valence-electron chi connectivity index (χ2n) is 6.04. The van der Waals surface area contributed by atoms with E-state index in [4.69, 9.17) is 0 Å². The van der Waals surface area contributed by atoms with Crippen LogP contribution < -0.4 is 5.32 Å². The minimum atomic E-state index is 0. The smallest absolute Gasteiger partial charge is 0.0491 e. The number of para-hydroxylation sites is 1. The fourth-order valence-corrected chi connectivity index (χ4v) is 3.77. The normalized spacial score (nSPS) is 18.5. The van der Waals surface area contributed by atoms with Gasteiger partial charge in [0, 0.05) is 34.4 Å². The van der Waals surface area contributed by atoms with Gasteiger partial charge in [0.2, 0.25) is 0 Å². The largest absolute Gasteiger partial charge is 0.341 e. The van der Waals surface area contributed by atoms with Crippen LogP contribution in [0.15, 0.2) is 42.5 Å². The Morgan fingerprint density at radius 3 is 2.64 bits per heavy atom. The third kappa shape index (κ3) is 2.41. The van der Waals surface area contributed by atoms with Crippen LogP contribution in [0.25, 0.3) is 21.8 Å². The van der Waals surface area contributed by atoms with Gasteiger partial charge in [-0.15, -0.1) is 12.4 Å². The molecule has 4 rings (SSSR count). The number of rotatable bonds is 2. The fourth-order valence-electron chi connectivity index (χ4n) is 3.77. The summed E-state index contributed by atoms with van der Waals surface area (Å²) >= 11 is 0. The average Bonchev–Trinajstić information content (AvgIpc) is 2.88. The molecule has 1 aliphatic rings. The van der Waals surface area contributed by atoms with Crippen LogP contribution in [0.5, 0.6) is 0 Å². The Morgan fingerprint density at radius 1 is 1.05 bits per heavy atom. The van der Waals surface area contributed by atoms with Crippen LogP contribution in [0.1, 0.15) is 37.8 Å². The van der Waals surface area contributed by atoms with Crippen molar-refractivity contribution >= 4 is 34.2 Å². The van der Waals surface area contributed by atoms with Crippen molar-refractivity contribution in [2.45, 2.75) is 38.8 Å². The molecule has 1 saturated heterocycles.